The Morgan fingerprint density at radius 2 is 1.80 bits per heavy atom. The maximum atomic E-state index is 12.7. The quantitative estimate of drug-likeness (QED) is 0.696. The molecule has 160 valence electrons. The van der Waals surface area contributed by atoms with E-state index in [0.717, 1.165) is 0 Å². The number of amides is 2. The van der Waals surface area contributed by atoms with Gasteiger partial charge in [-0.1, -0.05) is 26.0 Å². The van der Waals surface area contributed by atoms with Gasteiger partial charge in [0.15, 0.2) is 11.5 Å². The van der Waals surface area contributed by atoms with Crippen LogP contribution in [0.1, 0.15) is 31.1 Å². The molecule has 0 spiro atoms. The zero-order valence-corrected chi connectivity index (χ0v) is 17.5. The molecule has 2 amide bonds. The van der Waals surface area contributed by atoms with Crippen LogP contribution in [0.15, 0.2) is 48.5 Å². The molecule has 0 unspecified atom stereocenters. The van der Waals surface area contributed by atoms with E-state index in [1.54, 1.807) is 24.3 Å². The summed E-state index contributed by atoms with van der Waals surface area (Å²) in [5.74, 6) is 1.41. The molecule has 0 saturated carbocycles. The van der Waals surface area contributed by atoms with E-state index in [2.05, 4.69) is 10.6 Å². The molecule has 2 N–H and O–H groups in total. The summed E-state index contributed by atoms with van der Waals surface area (Å²) in [5, 5.41) is 5.69. The van der Waals surface area contributed by atoms with E-state index in [1.165, 1.54) is 0 Å². The first-order valence-electron chi connectivity index (χ1n) is 10.2. The molecular weight excluding hydrogens is 384 g/mol. The molecule has 30 heavy (non-hydrogen) atoms. The fourth-order valence-electron chi connectivity index (χ4n) is 3.12. The van der Waals surface area contributed by atoms with E-state index in [-0.39, 0.29) is 30.4 Å². The second-order valence-electron chi connectivity index (χ2n) is 7.40. The average Bonchev–Trinajstić information content (AvgIpc) is 2.76. The van der Waals surface area contributed by atoms with Gasteiger partial charge in [-0.25, -0.2) is 0 Å². The van der Waals surface area contributed by atoms with Crippen molar-refractivity contribution < 1.29 is 23.8 Å². The van der Waals surface area contributed by atoms with Crippen molar-refractivity contribution in [1.29, 1.82) is 0 Å². The van der Waals surface area contributed by atoms with Gasteiger partial charge < -0.3 is 24.8 Å². The SMILES string of the molecule is CCOc1ccc(C(=O)N[C@@H](C(=O)NC[C@@H]2COc3ccccc3O2)C(C)C)cc1. The predicted molar refractivity (Wildman–Crippen MR) is 113 cm³/mol. The molecule has 0 aliphatic carbocycles. The van der Waals surface area contributed by atoms with Crippen LogP contribution >= 0.6 is 0 Å². The highest BCUT2D eigenvalue weighted by atomic mass is 16.6. The summed E-state index contributed by atoms with van der Waals surface area (Å²) in [6, 6.07) is 13.6. The number of ether oxygens (including phenoxy) is 3. The van der Waals surface area contributed by atoms with Crippen LogP contribution in [0.25, 0.3) is 0 Å². The Hall–Kier alpha value is -3.22. The van der Waals surface area contributed by atoms with E-state index in [9.17, 15) is 9.59 Å². The molecule has 2 aromatic rings. The Kier molecular flexibility index (Phi) is 7.17. The van der Waals surface area contributed by atoms with Gasteiger partial charge in [0.2, 0.25) is 5.91 Å². The molecule has 1 aliphatic heterocycles. The molecular formula is C23H28N2O5. The van der Waals surface area contributed by atoms with Crippen LogP contribution in [0.2, 0.25) is 0 Å². The Bertz CT molecular complexity index is 866. The summed E-state index contributed by atoms with van der Waals surface area (Å²) in [5.41, 5.74) is 0.470. The smallest absolute Gasteiger partial charge is 0.251 e. The van der Waals surface area contributed by atoms with Gasteiger partial charge in [-0.05, 0) is 49.2 Å². The van der Waals surface area contributed by atoms with Crippen LogP contribution in [0.3, 0.4) is 0 Å². The van der Waals surface area contributed by atoms with Crippen molar-refractivity contribution in [2.24, 2.45) is 5.92 Å². The fourth-order valence-corrected chi connectivity index (χ4v) is 3.12. The molecule has 3 rings (SSSR count). The van der Waals surface area contributed by atoms with Gasteiger partial charge in [-0.3, -0.25) is 9.59 Å². The lowest BCUT2D eigenvalue weighted by Gasteiger charge is -2.28. The topological polar surface area (TPSA) is 85.9 Å². The highest BCUT2D eigenvalue weighted by molar-refractivity contribution is 5.97. The zero-order valence-electron chi connectivity index (χ0n) is 17.5. The largest absolute Gasteiger partial charge is 0.494 e. The van der Waals surface area contributed by atoms with Crippen molar-refractivity contribution in [3.8, 4) is 17.2 Å². The summed E-state index contributed by atoms with van der Waals surface area (Å²) in [7, 11) is 0. The monoisotopic (exact) mass is 412 g/mol. The first-order chi connectivity index (χ1) is 14.5. The minimum absolute atomic E-state index is 0.0825. The molecule has 0 fully saturated rings. The van der Waals surface area contributed by atoms with Gasteiger partial charge in [-0.15, -0.1) is 0 Å². The van der Waals surface area contributed by atoms with Gasteiger partial charge >= 0.3 is 0 Å². The van der Waals surface area contributed by atoms with Crippen molar-refractivity contribution in [1.82, 2.24) is 10.6 Å². The number of carbonyl (C=O) groups excluding carboxylic acids is 2. The van der Waals surface area contributed by atoms with Crippen molar-refractivity contribution in [2.75, 3.05) is 19.8 Å². The van der Waals surface area contributed by atoms with Gasteiger partial charge in [0, 0.05) is 5.56 Å². The maximum Gasteiger partial charge on any atom is 0.251 e. The minimum Gasteiger partial charge on any atom is -0.494 e. The third kappa shape index (κ3) is 5.43. The van der Waals surface area contributed by atoms with Crippen molar-refractivity contribution >= 4 is 11.8 Å². The Balaban J connectivity index is 1.55. The third-order valence-corrected chi connectivity index (χ3v) is 4.73. The summed E-state index contributed by atoms with van der Waals surface area (Å²) >= 11 is 0. The molecule has 0 saturated heterocycles. The molecule has 0 bridgehead atoms. The highest BCUT2D eigenvalue weighted by Gasteiger charge is 2.27. The number of nitrogens with one attached hydrogen (secondary N) is 2. The number of carbonyl (C=O) groups is 2. The Labute approximate surface area is 176 Å². The van der Waals surface area contributed by atoms with Crippen molar-refractivity contribution in [3.63, 3.8) is 0 Å². The lowest BCUT2D eigenvalue weighted by Crippen LogP contribution is -2.52. The number of benzene rings is 2. The van der Waals surface area contributed by atoms with E-state index in [0.29, 0.717) is 36.0 Å². The fraction of sp³-hybridized carbons (Fsp3) is 0.391. The Morgan fingerprint density at radius 3 is 2.47 bits per heavy atom. The van der Waals surface area contributed by atoms with Crippen LogP contribution in [0.5, 0.6) is 17.2 Å². The van der Waals surface area contributed by atoms with Crippen LogP contribution < -0.4 is 24.8 Å². The van der Waals surface area contributed by atoms with E-state index >= 15 is 0 Å². The first-order valence-corrected chi connectivity index (χ1v) is 10.2. The van der Waals surface area contributed by atoms with Crippen molar-refractivity contribution in [2.45, 2.75) is 32.9 Å². The number of fused-ring (bicyclic) bond motifs is 1. The number of hydrogen-bond acceptors (Lipinski definition) is 5. The molecule has 2 aromatic carbocycles. The van der Waals surface area contributed by atoms with Crippen LogP contribution in [-0.2, 0) is 4.79 Å². The summed E-state index contributed by atoms with van der Waals surface area (Å²) < 4.78 is 16.9. The van der Waals surface area contributed by atoms with Crippen LogP contribution in [0, 0.1) is 5.92 Å². The third-order valence-electron chi connectivity index (χ3n) is 4.73. The van der Waals surface area contributed by atoms with Gasteiger partial charge in [0.05, 0.1) is 13.2 Å². The summed E-state index contributed by atoms with van der Waals surface area (Å²) in [6.45, 7) is 6.87. The average molecular weight is 412 g/mol. The molecule has 7 nitrogen and oxygen atoms in total. The predicted octanol–water partition coefficient (Wildman–Crippen LogP) is 2.80. The number of para-hydroxylation sites is 2. The van der Waals surface area contributed by atoms with Crippen LogP contribution in [-0.4, -0.2) is 43.7 Å². The Morgan fingerprint density at radius 1 is 1.10 bits per heavy atom. The zero-order chi connectivity index (χ0) is 21.5. The molecule has 7 heteroatoms. The standard InChI is InChI=1S/C23H28N2O5/c1-4-28-17-11-9-16(10-12-17)22(26)25-21(15(2)3)23(27)24-13-18-14-29-19-7-5-6-8-20(19)30-18/h5-12,15,18,21H,4,13-14H2,1-3H3,(H,24,27)(H,25,26)/t18-,21-/m1/s1. The van der Waals surface area contributed by atoms with Crippen LogP contribution in [0.4, 0.5) is 0 Å². The number of hydrogen-bond donors (Lipinski definition) is 2. The summed E-state index contributed by atoms with van der Waals surface area (Å²) in [6.07, 6.45) is -0.293. The maximum absolute atomic E-state index is 12.7. The lowest BCUT2D eigenvalue weighted by atomic mass is 10.0. The minimum atomic E-state index is -0.666. The van der Waals surface area contributed by atoms with Crippen molar-refractivity contribution in [3.05, 3.63) is 54.1 Å². The number of rotatable bonds is 8. The lowest BCUT2D eigenvalue weighted by molar-refractivity contribution is -0.124. The second kappa shape index (κ2) is 10.0. The van der Waals surface area contributed by atoms with E-state index in [4.69, 9.17) is 14.2 Å². The van der Waals surface area contributed by atoms with Gasteiger partial charge in [0.1, 0.15) is 24.5 Å². The molecule has 0 aromatic heterocycles. The second-order valence-corrected chi connectivity index (χ2v) is 7.40. The van der Waals surface area contributed by atoms with E-state index in [1.807, 2.05) is 45.0 Å². The van der Waals surface area contributed by atoms with E-state index < -0.39 is 6.04 Å². The summed E-state index contributed by atoms with van der Waals surface area (Å²) in [4.78, 5) is 25.3. The van der Waals surface area contributed by atoms with Gasteiger partial charge in [-0.2, -0.15) is 0 Å². The molecule has 0 radical (unpaired) electrons. The molecule has 1 heterocycles. The molecule has 2 atom stereocenters. The highest BCUT2D eigenvalue weighted by Crippen LogP contribution is 2.30. The molecule has 1 aliphatic rings. The first kappa shape index (κ1) is 21.5. The normalized spacial score (nSPS) is 15.9. The van der Waals surface area contributed by atoms with Gasteiger partial charge in [0.25, 0.3) is 5.91 Å².